The molecule has 0 aromatic heterocycles. The van der Waals surface area contributed by atoms with E-state index in [1.54, 1.807) is 24.3 Å². The van der Waals surface area contributed by atoms with E-state index in [4.69, 9.17) is 5.73 Å². The molecule has 0 fully saturated rings. The first-order valence-corrected chi connectivity index (χ1v) is 5.20. The lowest BCUT2D eigenvalue weighted by Crippen LogP contribution is -2.11. The first-order chi connectivity index (χ1) is 5.47. The minimum atomic E-state index is -3.20. The summed E-state index contributed by atoms with van der Waals surface area (Å²) in [6, 6.07) is 6.56. The van der Waals surface area contributed by atoms with Crippen molar-refractivity contribution in [2.75, 3.05) is 10.5 Å². The minimum absolute atomic E-state index is 0.484. The van der Waals surface area contributed by atoms with Crippen LogP contribution in [-0.4, -0.2) is 15.5 Å². The van der Waals surface area contributed by atoms with Crippen LogP contribution in [0.1, 0.15) is 0 Å². The molecule has 0 aliphatic heterocycles. The molecule has 0 spiro atoms. The van der Waals surface area contributed by atoms with Gasteiger partial charge in [0.15, 0.2) is 9.87 Å². The molecule has 12 heavy (non-hydrogen) atoms. The van der Waals surface area contributed by atoms with Gasteiger partial charge >= 0.3 is 0 Å². The van der Waals surface area contributed by atoms with E-state index in [9.17, 15) is 8.42 Å². The largest absolute Gasteiger partial charge is 0.399 e. The van der Waals surface area contributed by atoms with E-state index in [1.165, 1.54) is 0 Å². The highest BCUT2D eigenvalue weighted by atomic mass is 32.2. The lowest BCUT2D eigenvalue weighted by molar-refractivity contribution is 0.614. The summed E-state index contributed by atoms with van der Waals surface area (Å²) in [5.41, 5.74) is 6.46. The highest BCUT2D eigenvalue weighted by molar-refractivity contribution is 8.13. The third kappa shape index (κ3) is 2.83. The lowest BCUT2D eigenvalue weighted by Gasteiger charge is -2.03. The molecule has 0 heterocycles. The monoisotopic (exact) mass is 184 g/mol. The van der Waals surface area contributed by atoms with Gasteiger partial charge in [0.25, 0.3) is 7.12 Å². The molecule has 0 aliphatic rings. The Kier molecular flexibility index (Phi) is 2.28. The van der Waals surface area contributed by atoms with E-state index in [2.05, 4.69) is 4.72 Å². The quantitative estimate of drug-likeness (QED) is 0.483. The molecule has 0 saturated heterocycles. The Morgan fingerprint density at radius 1 is 1.42 bits per heavy atom. The summed E-state index contributed by atoms with van der Waals surface area (Å²) in [6.45, 7) is 0. The summed E-state index contributed by atoms with van der Waals surface area (Å²) in [5, 5.41) is 0. The van der Waals surface area contributed by atoms with Crippen LogP contribution in [0.3, 0.4) is 0 Å². The van der Waals surface area contributed by atoms with Crippen LogP contribution in [0.25, 0.3) is 0 Å². The van der Waals surface area contributed by atoms with Crippen LogP contribution >= 0.6 is 0 Å². The molecular weight excluding hydrogens is 175 g/mol. The molecule has 0 atom stereocenters. The summed E-state index contributed by atoms with van der Waals surface area (Å²) in [7, 11) is -2.11. The Bertz CT molecular complexity index is 377. The number of nitrogen functional groups attached to an aromatic ring is 1. The molecule has 1 rings (SSSR count). The smallest absolute Gasteiger partial charge is 0.282 e. The number of rotatable bonds is 2. The maximum Gasteiger partial charge on any atom is 0.282 e. The van der Waals surface area contributed by atoms with Gasteiger partial charge in [-0.05, 0) is 18.2 Å². The zero-order valence-electron chi connectivity index (χ0n) is 6.61. The van der Waals surface area contributed by atoms with Crippen molar-refractivity contribution >= 4 is 28.4 Å². The highest BCUT2D eigenvalue weighted by Gasteiger charge is 2.00. The summed E-state index contributed by atoms with van der Waals surface area (Å²) in [4.78, 5) is 0. The second kappa shape index (κ2) is 3.06. The van der Waals surface area contributed by atoms with E-state index in [1.807, 2.05) is 0 Å². The summed E-state index contributed by atoms with van der Waals surface area (Å²) < 4.78 is 23.8. The van der Waals surface area contributed by atoms with Crippen molar-refractivity contribution in [3.8, 4) is 0 Å². The number of nitrogens with two attached hydrogens (primary N) is 1. The second-order valence-electron chi connectivity index (χ2n) is 2.50. The molecular formula is C6H9BN2O2S. The second-order valence-corrected chi connectivity index (χ2v) is 4.25. The fourth-order valence-electron chi connectivity index (χ4n) is 0.816. The lowest BCUT2D eigenvalue weighted by atomic mass is 10.3. The van der Waals surface area contributed by atoms with Crippen LogP contribution in [0.15, 0.2) is 24.3 Å². The zero-order valence-corrected chi connectivity index (χ0v) is 7.43. The molecule has 3 N–H and O–H groups in total. The van der Waals surface area contributed by atoms with E-state index in [-0.39, 0.29) is 0 Å². The van der Waals surface area contributed by atoms with E-state index in [0.717, 1.165) is 7.12 Å². The Morgan fingerprint density at radius 2 is 2.08 bits per heavy atom. The van der Waals surface area contributed by atoms with Crippen LogP contribution in [0.4, 0.5) is 11.4 Å². The van der Waals surface area contributed by atoms with Crippen LogP contribution in [0.2, 0.25) is 0 Å². The molecule has 1 aromatic carbocycles. The fourth-order valence-corrected chi connectivity index (χ4v) is 1.37. The minimum Gasteiger partial charge on any atom is -0.399 e. The van der Waals surface area contributed by atoms with Crippen molar-refractivity contribution in [1.82, 2.24) is 0 Å². The topological polar surface area (TPSA) is 72.2 Å². The third-order valence-corrected chi connectivity index (χ3v) is 1.80. The summed E-state index contributed by atoms with van der Waals surface area (Å²) in [5.74, 6) is 0. The van der Waals surface area contributed by atoms with Gasteiger partial charge in [-0.2, -0.15) is 0 Å². The SMILES string of the molecule is BS(=O)(=O)Nc1cccc(N)c1. The average Bonchev–Trinajstić information content (AvgIpc) is 1.82. The number of benzene rings is 1. The molecule has 0 radical (unpaired) electrons. The zero-order chi connectivity index (χ0) is 9.19. The number of anilines is 2. The fraction of sp³-hybridized carbons (Fsp3) is 0. The maximum atomic E-state index is 10.8. The molecule has 0 amide bonds. The van der Waals surface area contributed by atoms with Crippen LogP contribution in [-0.2, 0) is 9.87 Å². The molecule has 6 heteroatoms. The molecule has 0 aliphatic carbocycles. The Balaban J connectivity index is 2.91. The maximum absolute atomic E-state index is 10.8. The van der Waals surface area contributed by atoms with Crippen molar-refractivity contribution in [2.24, 2.45) is 0 Å². The van der Waals surface area contributed by atoms with Crippen molar-refractivity contribution in [1.29, 1.82) is 0 Å². The molecule has 0 bridgehead atoms. The molecule has 64 valence electrons. The van der Waals surface area contributed by atoms with Crippen molar-refractivity contribution in [2.45, 2.75) is 0 Å². The van der Waals surface area contributed by atoms with Gasteiger partial charge in [0.1, 0.15) is 0 Å². The summed E-state index contributed by atoms with van der Waals surface area (Å²) in [6.07, 6.45) is 0. The Morgan fingerprint density at radius 3 is 2.58 bits per heavy atom. The normalized spacial score (nSPS) is 11.0. The standard InChI is InChI=1S/C6H9BN2O2S/c7-12(10,11)9-6-3-1-2-5(8)4-6/h1-4,9H,7-8H2. The van der Waals surface area contributed by atoms with Gasteiger partial charge in [0, 0.05) is 11.4 Å². The van der Waals surface area contributed by atoms with Crippen LogP contribution in [0, 0.1) is 0 Å². The van der Waals surface area contributed by atoms with Gasteiger partial charge in [-0.15, -0.1) is 0 Å². The highest BCUT2D eigenvalue weighted by Crippen LogP contribution is 2.12. The number of nitrogens with one attached hydrogen (secondary N) is 1. The van der Waals surface area contributed by atoms with Crippen molar-refractivity contribution < 1.29 is 8.42 Å². The molecule has 1 aromatic rings. The van der Waals surface area contributed by atoms with Gasteiger partial charge in [0.2, 0.25) is 0 Å². The first-order valence-electron chi connectivity index (χ1n) is 3.31. The van der Waals surface area contributed by atoms with Crippen LogP contribution < -0.4 is 10.5 Å². The van der Waals surface area contributed by atoms with E-state index < -0.39 is 9.87 Å². The molecule has 4 nitrogen and oxygen atoms in total. The molecule has 0 saturated carbocycles. The Labute approximate surface area is 72.1 Å². The number of hydrogen-bond donors (Lipinski definition) is 2. The van der Waals surface area contributed by atoms with Gasteiger partial charge in [-0.25, -0.2) is 8.42 Å². The summed E-state index contributed by atoms with van der Waals surface area (Å²) >= 11 is 0. The third-order valence-electron chi connectivity index (χ3n) is 1.19. The van der Waals surface area contributed by atoms with Crippen molar-refractivity contribution in [3.63, 3.8) is 0 Å². The Hall–Kier alpha value is -1.17. The first kappa shape index (κ1) is 8.93. The van der Waals surface area contributed by atoms with Crippen LogP contribution in [0.5, 0.6) is 0 Å². The van der Waals surface area contributed by atoms with Gasteiger partial charge < -0.3 is 5.73 Å². The average molecular weight is 184 g/mol. The van der Waals surface area contributed by atoms with Gasteiger partial charge in [0.05, 0.1) is 0 Å². The van der Waals surface area contributed by atoms with Gasteiger partial charge in [-0.3, -0.25) is 4.72 Å². The number of hydrogen-bond acceptors (Lipinski definition) is 3. The van der Waals surface area contributed by atoms with Crippen molar-refractivity contribution in [3.05, 3.63) is 24.3 Å². The predicted octanol–water partition coefficient (Wildman–Crippen LogP) is -0.441. The predicted molar refractivity (Wildman–Crippen MR) is 51.9 cm³/mol. The van der Waals surface area contributed by atoms with Gasteiger partial charge in [-0.1, -0.05) is 6.07 Å². The van der Waals surface area contributed by atoms with E-state index >= 15 is 0 Å². The molecule has 0 unspecified atom stereocenters. The van der Waals surface area contributed by atoms with E-state index in [0.29, 0.717) is 11.4 Å².